The van der Waals surface area contributed by atoms with Crippen molar-refractivity contribution in [2.45, 2.75) is 70.5 Å². The Hall–Kier alpha value is -0.870. The molecule has 0 bridgehead atoms. The highest BCUT2D eigenvalue weighted by molar-refractivity contribution is 7.16. The fourth-order valence-electron chi connectivity index (χ4n) is 4.25. The van der Waals surface area contributed by atoms with Crippen molar-refractivity contribution in [3.8, 4) is 0 Å². The number of piperidine rings is 1. The highest BCUT2D eigenvalue weighted by atomic mass is 32.1. The Bertz CT molecular complexity index is 548. The lowest BCUT2D eigenvalue weighted by atomic mass is 9.92. The van der Waals surface area contributed by atoms with Gasteiger partial charge in [-0.1, -0.05) is 13.3 Å². The number of hydrogen-bond acceptors (Lipinski definition) is 4. The summed E-state index contributed by atoms with van der Waals surface area (Å²) in [4.78, 5) is 9.18. The van der Waals surface area contributed by atoms with Gasteiger partial charge < -0.3 is 5.32 Å². The van der Waals surface area contributed by atoms with Crippen molar-refractivity contribution in [2.75, 3.05) is 11.9 Å². The average molecular weight is 303 g/mol. The summed E-state index contributed by atoms with van der Waals surface area (Å²) in [6, 6.07) is 0.714. The first-order valence-electron chi connectivity index (χ1n) is 8.57. The van der Waals surface area contributed by atoms with E-state index in [9.17, 15) is 0 Å². The predicted molar refractivity (Wildman–Crippen MR) is 90.5 cm³/mol. The Morgan fingerprint density at radius 2 is 2.19 bits per heavy atom. The first-order valence-corrected chi connectivity index (χ1v) is 9.38. The van der Waals surface area contributed by atoms with Gasteiger partial charge in [-0.15, -0.1) is 11.3 Å². The quantitative estimate of drug-likeness (QED) is 0.880. The molecular weight excluding hydrogens is 278 g/mol. The molecule has 3 nitrogen and oxygen atoms in total. The van der Waals surface area contributed by atoms with Crippen LogP contribution in [0.1, 0.15) is 67.6 Å². The number of rotatable bonds is 2. The number of thiophene rings is 1. The molecule has 0 aromatic carbocycles. The normalized spacial score (nSPS) is 28.8. The van der Waals surface area contributed by atoms with Gasteiger partial charge in [-0.2, -0.15) is 0 Å². The number of nitrogens with zero attached hydrogens (tertiary/aromatic N) is 2. The molecule has 1 N–H and O–H groups in total. The van der Waals surface area contributed by atoms with Crippen LogP contribution in [0, 0.1) is 0 Å². The minimum absolute atomic E-state index is 0.282. The Labute approximate surface area is 131 Å². The molecule has 4 heteroatoms. The monoisotopic (exact) mass is 303 g/mol. The van der Waals surface area contributed by atoms with Crippen molar-refractivity contribution in [1.82, 2.24) is 4.90 Å². The van der Waals surface area contributed by atoms with E-state index in [0.717, 1.165) is 0 Å². The molecule has 0 radical (unpaired) electrons. The second-order valence-corrected chi connectivity index (χ2v) is 7.65. The third-order valence-corrected chi connectivity index (χ3v) is 6.58. The van der Waals surface area contributed by atoms with Crippen molar-refractivity contribution in [1.29, 1.82) is 0 Å². The summed E-state index contributed by atoms with van der Waals surface area (Å²) in [5, 5.41) is 4.80. The largest absolute Gasteiger partial charge is 0.338 e. The van der Waals surface area contributed by atoms with Crippen LogP contribution in [0.3, 0.4) is 0 Å². The van der Waals surface area contributed by atoms with Crippen LogP contribution in [0.2, 0.25) is 0 Å². The number of nitrogens with one attached hydrogen (secondary N) is 1. The van der Waals surface area contributed by atoms with Crippen LogP contribution < -0.4 is 5.32 Å². The fraction of sp³-hybridized carbons (Fsp3) is 0.706. The zero-order valence-corrected chi connectivity index (χ0v) is 13.7. The molecule has 2 atom stereocenters. The van der Waals surface area contributed by atoms with Crippen molar-refractivity contribution in [3.63, 3.8) is 0 Å². The third-order valence-electron chi connectivity index (χ3n) is 5.34. The first kappa shape index (κ1) is 13.8. The fourth-order valence-corrected chi connectivity index (χ4v) is 5.52. The molecule has 0 unspecified atom stereocenters. The van der Waals surface area contributed by atoms with Gasteiger partial charge >= 0.3 is 0 Å². The van der Waals surface area contributed by atoms with E-state index in [1.54, 1.807) is 10.4 Å². The van der Waals surface area contributed by atoms with Gasteiger partial charge in [0, 0.05) is 23.0 Å². The topological polar surface area (TPSA) is 27.6 Å². The van der Waals surface area contributed by atoms with E-state index in [2.05, 4.69) is 17.1 Å². The molecule has 2 aliphatic heterocycles. The summed E-state index contributed by atoms with van der Waals surface area (Å²) in [6.07, 6.45) is 12.8. The highest BCUT2D eigenvalue weighted by Crippen LogP contribution is 2.46. The van der Waals surface area contributed by atoms with Gasteiger partial charge in [0.2, 0.25) is 0 Å². The highest BCUT2D eigenvalue weighted by Gasteiger charge is 2.35. The molecule has 1 aliphatic carbocycles. The number of aliphatic imine (C=N–C) groups is 1. The molecule has 1 aromatic rings. The van der Waals surface area contributed by atoms with E-state index in [1.807, 2.05) is 17.7 Å². The van der Waals surface area contributed by atoms with Crippen LogP contribution in [-0.4, -0.2) is 23.8 Å². The van der Waals surface area contributed by atoms with E-state index in [0.29, 0.717) is 6.04 Å². The summed E-state index contributed by atoms with van der Waals surface area (Å²) in [5.74, 6) is 0. The number of anilines is 1. The lowest BCUT2D eigenvalue weighted by molar-refractivity contribution is 0.0951. The first-order chi connectivity index (χ1) is 10.4. The standard InChI is InChI=1S/C17H25N3S/c1-2-12-7-5-6-10-20(12)16-15-13-8-3-4-9-14(13)21-17(15)19-11-18-16/h11-12,16H,2-10H2,1H3,(H,18,19)/t12-,16+/m0/s1. The SMILES string of the molecule is CC[C@H]1CCCCN1[C@H]1N=CNc2sc3c(c21)CCCC3. The van der Waals surface area contributed by atoms with Crippen LogP contribution in [0.5, 0.6) is 0 Å². The van der Waals surface area contributed by atoms with Crippen molar-refractivity contribution < 1.29 is 0 Å². The summed E-state index contributed by atoms with van der Waals surface area (Å²) >= 11 is 1.99. The third kappa shape index (κ3) is 2.33. The molecule has 1 fully saturated rings. The van der Waals surface area contributed by atoms with Gasteiger partial charge in [-0.05, 0) is 50.5 Å². The van der Waals surface area contributed by atoms with Crippen LogP contribution >= 0.6 is 11.3 Å². The van der Waals surface area contributed by atoms with Gasteiger partial charge in [0.05, 0.1) is 6.34 Å². The molecule has 0 saturated carbocycles. The maximum Gasteiger partial charge on any atom is 0.133 e. The van der Waals surface area contributed by atoms with Gasteiger partial charge in [0.1, 0.15) is 11.2 Å². The molecule has 0 spiro atoms. The van der Waals surface area contributed by atoms with E-state index in [1.165, 1.54) is 68.5 Å². The molecule has 1 saturated heterocycles. The molecule has 4 rings (SSSR count). The Morgan fingerprint density at radius 3 is 3.10 bits per heavy atom. The van der Waals surface area contributed by atoms with E-state index in [-0.39, 0.29) is 6.17 Å². The summed E-state index contributed by atoms with van der Waals surface area (Å²) in [6.45, 7) is 3.54. The molecule has 114 valence electrons. The van der Waals surface area contributed by atoms with E-state index in [4.69, 9.17) is 4.99 Å². The summed E-state index contributed by atoms with van der Waals surface area (Å²) in [5.41, 5.74) is 3.16. The minimum Gasteiger partial charge on any atom is -0.338 e. The number of fused-ring (bicyclic) bond motifs is 3. The van der Waals surface area contributed by atoms with Crippen LogP contribution in [-0.2, 0) is 12.8 Å². The van der Waals surface area contributed by atoms with Crippen molar-refractivity contribution >= 4 is 22.7 Å². The Kier molecular flexibility index (Phi) is 3.76. The van der Waals surface area contributed by atoms with Crippen LogP contribution in [0.15, 0.2) is 4.99 Å². The minimum atomic E-state index is 0.282. The zero-order chi connectivity index (χ0) is 14.2. The number of likely N-dealkylation sites (tertiary alicyclic amines) is 1. The zero-order valence-electron chi connectivity index (χ0n) is 12.9. The lowest BCUT2D eigenvalue weighted by Gasteiger charge is -2.40. The van der Waals surface area contributed by atoms with Crippen molar-refractivity contribution in [3.05, 3.63) is 16.0 Å². The van der Waals surface area contributed by atoms with Gasteiger partial charge in [-0.3, -0.25) is 9.89 Å². The van der Waals surface area contributed by atoms with Gasteiger partial charge in [0.15, 0.2) is 0 Å². The lowest BCUT2D eigenvalue weighted by Crippen LogP contribution is -2.42. The van der Waals surface area contributed by atoms with E-state index >= 15 is 0 Å². The van der Waals surface area contributed by atoms with E-state index < -0.39 is 0 Å². The second-order valence-electron chi connectivity index (χ2n) is 6.55. The molecule has 3 heterocycles. The molecule has 1 aromatic heterocycles. The summed E-state index contributed by atoms with van der Waals surface area (Å²) in [7, 11) is 0. The Balaban J connectivity index is 1.72. The molecule has 0 amide bonds. The average Bonchev–Trinajstić information content (AvgIpc) is 2.93. The maximum absolute atomic E-state index is 4.87. The Morgan fingerprint density at radius 1 is 1.29 bits per heavy atom. The van der Waals surface area contributed by atoms with Crippen LogP contribution in [0.4, 0.5) is 5.00 Å². The van der Waals surface area contributed by atoms with Gasteiger partial charge in [0.25, 0.3) is 0 Å². The number of aryl methyl sites for hydroxylation is 1. The van der Waals surface area contributed by atoms with Gasteiger partial charge in [-0.25, -0.2) is 0 Å². The summed E-state index contributed by atoms with van der Waals surface area (Å²) < 4.78 is 0. The smallest absolute Gasteiger partial charge is 0.133 e. The molecule has 3 aliphatic rings. The molecule has 21 heavy (non-hydrogen) atoms. The predicted octanol–water partition coefficient (Wildman–Crippen LogP) is 4.34. The van der Waals surface area contributed by atoms with Crippen LogP contribution in [0.25, 0.3) is 0 Å². The second kappa shape index (κ2) is 5.73. The molecular formula is C17H25N3S. The maximum atomic E-state index is 4.87. The number of hydrogen-bond donors (Lipinski definition) is 1. The van der Waals surface area contributed by atoms with Crippen molar-refractivity contribution in [2.24, 2.45) is 4.99 Å².